The summed E-state index contributed by atoms with van der Waals surface area (Å²) in [5.41, 5.74) is 0.839. The average Bonchev–Trinajstić information content (AvgIpc) is 2.79. The van der Waals surface area contributed by atoms with Gasteiger partial charge in [0, 0.05) is 24.3 Å². The van der Waals surface area contributed by atoms with E-state index in [0.717, 1.165) is 0 Å². The van der Waals surface area contributed by atoms with Crippen molar-refractivity contribution in [2.75, 3.05) is 38.7 Å². The summed E-state index contributed by atoms with van der Waals surface area (Å²) >= 11 is 0. The van der Waals surface area contributed by atoms with Crippen LogP contribution in [0.1, 0.15) is 17.3 Å². The van der Waals surface area contributed by atoms with Crippen molar-refractivity contribution in [3.05, 3.63) is 54.1 Å². The summed E-state index contributed by atoms with van der Waals surface area (Å²) in [7, 11) is -2.41. The molecule has 2 N–H and O–H groups in total. The van der Waals surface area contributed by atoms with E-state index in [1.54, 1.807) is 29.2 Å². The summed E-state index contributed by atoms with van der Waals surface area (Å²) in [6.07, 6.45) is 0. The minimum Gasteiger partial charge on any atom is -0.497 e. The molecule has 1 aliphatic rings. The molecule has 0 saturated carbocycles. The first-order valence-corrected chi connectivity index (χ1v) is 11.2. The molecule has 31 heavy (non-hydrogen) atoms. The lowest BCUT2D eigenvalue weighted by molar-refractivity contribution is -0.117. The van der Waals surface area contributed by atoms with Crippen LogP contribution in [0.5, 0.6) is 5.75 Å². The van der Waals surface area contributed by atoms with Gasteiger partial charge in [0.2, 0.25) is 15.9 Å². The quantitative estimate of drug-likeness (QED) is 0.665. The van der Waals surface area contributed by atoms with Crippen LogP contribution in [-0.4, -0.2) is 64.6 Å². The van der Waals surface area contributed by atoms with Gasteiger partial charge in [-0.3, -0.25) is 9.59 Å². The minimum atomic E-state index is -3.90. The Labute approximate surface area is 181 Å². The Morgan fingerprint density at radius 2 is 1.77 bits per heavy atom. The molecule has 1 heterocycles. The molecule has 9 nitrogen and oxygen atoms in total. The SMILES string of the molecule is COc1ccc(S(=O)(=O)N[C@@H](C)C(=O)Nc2cccc(C(=O)N3CCOCC3)c2)cc1. The van der Waals surface area contributed by atoms with Gasteiger partial charge in [0.25, 0.3) is 5.91 Å². The van der Waals surface area contributed by atoms with Gasteiger partial charge in [-0.05, 0) is 49.4 Å². The van der Waals surface area contributed by atoms with Crippen molar-refractivity contribution in [1.29, 1.82) is 0 Å². The van der Waals surface area contributed by atoms with Gasteiger partial charge >= 0.3 is 0 Å². The van der Waals surface area contributed by atoms with Crippen LogP contribution in [-0.2, 0) is 19.6 Å². The molecule has 1 fully saturated rings. The first-order valence-electron chi connectivity index (χ1n) is 9.74. The first-order chi connectivity index (χ1) is 14.8. The number of methoxy groups -OCH3 is 1. The molecular formula is C21H25N3O6S. The Bertz CT molecular complexity index is 1030. The van der Waals surface area contributed by atoms with E-state index in [2.05, 4.69) is 10.0 Å². The van der Waals surface area contributed by atoms with E-state index in [9.17, 15) is 18.0 Å². The van der Waals surface area contributed by atoms with Crippen molar-refractivity contribution in [3.8, 4) is 5.75 Å². The number of ether oxygens (including phenoxy) is 2. The predicted octanol–water partition coefficient (Wildman–Crippen LogP) is 1.47. The molecule has 2 aromatic rings. The Balaban J connectivity index is 1.64. The van der Waals surface area contributed by atoms with Gasteiger partial charge in [-0.15, -0.1) is 0 Å². The fraction of sp³-hybridized carbons (Fsp3) is 0.333. The summed E-state index contributed by atoms with van der Waals surface area (Å²) in [4.78, 5) is 26.9. The second-order valence-electron chi connectivity index (χ2n) is 6.99. The summed E-state index contributed by atoms with van der Waals surface area (Å²) < 4.78 is 37.7. The average molecular weight is 448 g/mol. The monoisotopic (exact) mass is 447 g/mol. The topological polar surface area (TPSA) is 114 Å². The molecule has 166 valence electrons. The lowest BCUT2D eigenvalue weighted by Crippen LogP contribution is -2.41. The molecule has 1 atom stereocenters. The van der Waals surface area contributed by atoms with Crippen LogP contribution in [0.2, 0.25) is 0 Å². The smallest absolute Gasteiger partial charge is 0.254 e. The van der Waals surface area contributed by atoms with E-state index < -0.39 is 22.0 Å². The van der Waals surface area contributed by atoms with Crippen LogP contribution in [0.15, 0.2) is 53.4 Å². The second kappa shape index (κ2) is 9.90. The number of sulfonamides is 1. The van der Waals surface area contributed by atoms with E-state index in [0.29, 0.717) is 43.3 Å². The van der Waals surface area contributed by atoms with E-state index >= 15 is 0 Å². The zero-order valence-electron chi connectivity index (χ0n) is 17.3. The third-order valence-corrected chi connectivity index (χ3v) is 6.33. The first kappa shape index (κ1) is 22.7. The highest BCUT2D eigenvalue weighted by atomic mass is 32.2. The molecule has 0 aliphatic carbocycles. The number of benzene rings is 2. The van der Waals surface area contributed by atoms with Crippen LogP contribution < -0.4 is 14.8 Å². The molecule has 0 radical (unpaired) electrons. The Morgan fingerprint density at radius 1 is 1.10 bits per heavy atom. The lowest BCUT2D eigenvalue weighted by Gasteiger charge is -2.27. The number of hydrogen-bond donors (Lipinski definition) is 2. The highest BCUT2D eigenvalue weighted by Crippen LogP contribution is 2.17. The maximum Gasteiger partial charge on any atom is 0.254 e. The molecule has 2 amide bonds. The van der Waals surface area contributed by atoms with Crippen molar-refractivity contribution in [1.82, 2.24) is 9.62 Å². The summed E-state index contributed by atoms with van der Waals surface area (Å²) in [6, 6.07) is 11.3. The van der Waals surface area contributed by atoms with Gasteiger partial charge in [-0.1, -0.05) is 6.07 Å². The minimum absolute atomic E-state index is 0.0195. The lowest BCUT2D eigenvalue weighted by atomic mass is 10.1. The number of anilines is 1. The van der Waals surface area contributed by atoms with E-state index in [4.69, 9.17) is 9.47 Å². The van der Waals surface area contributed by atoms with Crippen LogP contribution in [0.4, 0.5) is 5.69 Å². The van der Waals surface area contributed by atoms with E-state index in [1.165, 1.54) is 38.3 Å². The van der Waals surface area contributed by atoms with Crippen LogP contribution in [0.25, 0.3) is 0 Å². The van der Waals surface area contributed by atoms with Crippen LogP contribution in [0, 0.1) is 0 Å². The normalized spacial score (nSPS) is 15.2. The van der Waals surface area contributed by atoms with Gasteiger partial charge in [-0.25, -0.2) is 8.42 Å². The van der Waals surface area contributed by atoms with Crippen molar-refractivity contribution < 1.29 is 27.5 Å². The zero-order valence-corrected chi connectivity index (χ0v) is 18.1. The van der Waals surface area contributed by atoms with E-state index in [1.807, 2.05) is 0 Å². The molecule has 10 heteroatoms. The third kappa shape index (κ3) is 5.81. The molecule has 0 bridgehead atoms. The summed E-state index contributed by atoms with van der Waals surface area (Å²) in [5.74, 6) is -0.169. The fourth-order valence-corrected chi connectivity index (χ4v) is 4.24. The molecular weight excluding hydrogens is 422 g/mol. The molecule has 1 saturated heterocycles. The molecule has 2 aromatic carbocycles. The number of amides is 2. The van der Waals surface area contributed by atoms with Crippen molar-refractivity contribution in [2.24, 2.45) is 0 Å². The number of nitrogens with one attached hydrogen (secondary N) is 2. The van der Waals surface area contributed by atoms with Gasteiger partial charge in [0.05, 0.1) is 31.3 Å². The molecule has 3 rings (SSSR count). The number of rotatable bonds is 7. The number of carbonyl (C=O) groups is 2. The van der Waals surface area contributed by atoms with Gasteiger partial charge in [-0.2, -0.15) is 4.72 Å². The number of nitrogens with zero attached hydrogens (tertiary/aromatic N) is 1. The molecule has 0 spiro atoms. The molecule has 0 unspecified atom stereocenters. The second-order valence-corrected chi connectivity index (χ2v) is 8.71. The Morgan fingerprint density at radius 3 is 2.42 bits per heavy atom. The summed E-state index contributed by atoms with van der Waals surface area (Å²) in [6.45, 7) is 3.46. The fourth-order valence-electron chi connectivity index (χ4n) is 3.04. The molecule has 1 aliphatic heterocycles. The number of carbonyl (C=O) groups excluding carboxylic acids is 2. The van der Waals surface area contributed by atoms with Crippen LogP contribution in [0.3, 0.4) is 0 Å². The largest absolute Gasteiger partial charge is 0.497 e. The standard InChI is InChI=1S/C21H25N3O6S/c1-15(23-31(27,28)19-8-6-18(29-2)7-9-19)20(25)22-17-5-3-4-16(14-17)21(26)24-10-12-30-13-11-24/h3-9,14-15,23H,10-13H2,1-2H3,(H,22,25)/t15-/m0/s1. The Kier molecular flexibility index (Phi) is 7.26. The van der Waals surface area contributed by atoms with Gasteiger partial charge in [0.15, 0.2) is 0 Å². The highest BCUT2D eigenvalue weighted by Gasteiger charge is 2.23. The maximum atomic E-state index is 12.6. The van der Waals surface area contributed by atoms with Crippen LogP contribution >= 0.6 is 0 Å². The highest BCUT2D eigenvalue weighted by molar-refractivity contribution is 7.89. The number of morpholine rings is 1. The van der Waals surface area contributed by atoms with Crippen molar-refractivity contribution >= 4 is 27.5 Å². The molecule has 0 aromatic heterocycles. The van der Waals surface area contributed by atoms with Crippen molar-refractivity contribution in [2.45, 2.75) is 17.9 Å². The van der Waals surface area contributed by atoms with E-state index in [-0.39, 0.29) is 10.8 Å². The Hall–Kier alpha value is -2.95. The zero-order chi connectivity index (χ0) is 22.4. The third-order valence-electron chi connectivity index (χ3n) is 4.77. The number of hydrogen-bond acceptors (Lipinski definition) is 6. The summed E-state index contributed by atoms with van der Waals surface area (Å²) in [5, 5.41) is 2.65. The van der Waals surface area contributed by atoms with Crippen molar-refractivity contribution in [3.63, 3.8) is 0 Å². The maximum absolute atomic E-state index is 12.6. The predicted molar refractivity (Wildman–Crippen MR) is 115 cm³/mol. The van der Waals surface area contributed by atoms with Gasteiger partial charge < -0.3 is 19.7 Å². The van der Waals surface area contributed by atoms with Gasteiger partial charge in [0.1, 0.15) is 5.75 Å².